The van der Waals surface area contributed by atoms with Gasteiger partial charge in [-0.25, -0.2) is 0 Å². The van der Waals surface area contributed by atoms with E-state index in [0.717, 1.165) is 24.9 Å². The number of nitrogens with zero attached hydrogens (tertiary/aromatic N) is 2. The van der Waals surface area contributed by atoms with Gasteiger partial charge in [-0.15, -0.1) is 0 Å². The molecule has 2 N–H and O–H groups in total. The van der Waals surface area contributed by atoms with Crippen LogP contribution in [0.4, 0.5) is 0 Å². The van der Waals surface area contributed by atoms with Gasteiger partial charge in [-0.05, 0) is 38.8 Å². The predicted molar refractivity (Wildman–Crippen MR) is 86.0 cm³/mol. The molecule has 4 heteroatoms. The molecule has 1 amide bonds. The van der Waals surface area contributed by atoms with Gasteiger partial charge >= 0.3 is 0 Å². The second-order valence-corrected chi connectivity index (χ2v) is 6.25. The number of hydrogen-bond acceptors (Lipinski definition) is 3. The number of hydrogen-bond donors (Lipinski definition) is 1. The maximum atomic E-state index is 12.5. The summed E-state index contributed by atoms with van der Waals surface area (Å²) in [5, 5.41) is 0. The van der Waals surface area contributed by atoms with Crippen LogP contribution < -0.4 is 5.73 Å². The molecule has 1 aliphatic heterocycles. The minimum absolute atomic E-state index is 0.0561. The van der Waals surface area contributed by atoms with Crippen LogP contribution in [0.2, 0.25) is 0 Å². The topological polar surface area (TPSA) is 49.6 Å². The number of carbonyl (C=O) groups is 1. The molecule has 1 heterocycles. The van der Waals surface area contributed by atoms with Crippen LogP contribution in [0, 0.1) is 0 Å². The SMILES string of the molecule is CC1CC(N(C)C(=O)[C@@H](N)Cc2ccccc2)CCN1C. The molecule has 0 radical (unpaired) electrons. The maximum absolute atomic E-state index is 12.5. The molecule has 21 heavy (non-hydrogen) atoms. The molecule has 3 atom stereocenters. The molecule has 1 saturated heterocycles. The van der Waals surface area contributed by atoms with E-state index in [1.54, 1.807) is 0 Å². The van der Waals surface area contributed by atoms with Crippen LogP contribution in [-0.4, -0.2) is 54.5 Å². The molecule has 1 fully saturated rings. The third-order valence-electron chi connectivity index (χ3n) is 4.69. The lowest BCUT2D eigenvalue weighted by Gasteiger charge is -2.40. The number of nitrogens with two attached hydrogens (primary N) is 1. The number of piperidine rings is 1. The quantitative estimate of drug-likeness (QED) is 0.914. The summed E-state index contributed by atoms with van der Waals surface area (Å²) in [6.45, 7) is 3.26. The Balaban J connectivity index is 1.92. The molecule has 2 unspecified atom stereocenters. The van der Waals surface area contributed by atoms with Crippen molar-refractivity contribution in [2.45, 2.75) is 44.3 Å². The van der Waals surface area contributed by atoms with Gasteiger partial charge in [0.25, 0.3) is 0 Å². The molecule has 2 rings (SSSR count). The molecule has 0 aromatic heterocycles. The minimum Gasteiger partial charge on any atom is -0.341 e. The van der Waals surface area contributed by atoms with E-state index in [9.17, 15) is 4.79 Å². The molecule has 4 nitrogen and oxygen atoms in total. The first-order valence-corrected chi connectivity index (χ1v) is 7.75. The predicted octanol–water partition coefficient (Wildman–Crippen LogP) is 1.50. The van der Waals surface area contributed by atoms with Crippen molar-refractivity contribution in [1.29, 1.82) is 0 Å². The zero-order valence-corrected chi connectivity index (χ0v) is 13.3. The van der Waals surface area contributed by atoms with E-state index >= 15 is 0 Å². The highest BCUT2D eigenvalue weighted by molar-refractivity contribution is 5.82. The molecule has 1 aliphatic rings. The van der Waals surface area contributed by atoms with Gasteiger partial charge in [-0.3, -0.25) is 4.79 Å². The summed E-state index contributed by atoms with van der Waals surface area (Å²) in [6.07, 6.45) is 2.66. The van der Waals surface area contributed by atoms with Gasteiger partial charge in [0.15, 0.2) is 0 Å². The van der Waals surface area contributed by atoms with Crippen molar-refractivity contribution in [3.63, 3.8) is 0 Å². The average molecular weight is 289 g/mol. The van der Waals surface area contributed by atoms with E-state index in [1.807, 2.05) is 42.3 Å². The Morgan fingerprint density at radius 3 is 2.71 bits per heavy atom. The van der Waals surface area contributed by atoms with E-state index in [2.05, 4.69) is 18.9 Å². The smallest absolute Gasteiger partial charge is 0.239 e. The fourth-order valence-corrected chi connectivity index (χ4v) is 3.01. The summed E-state index contributed by atoms with van der Waals surface area (Å²) in [5.74, 6) is 0.0561. The second-order valence-electron chi connectivity index (χ2n) is 6.25. The number of amides is 1. The molecule has 0 aliphatic carbocycles. The van der Waals surface area contributed by atoms with Crippen molar-refractivity contribution in [3.05, 3.63) is 35.9 Å². The largest absolute Gasteiger partial charge is 0.341 e. The van der Waals surface area contributed by atoms with Crippen molar-refractivity contribution >= 4 is 5.91 Å². The van der Waals surface area contributed by atoms with E-state index < -0.39 is 6.04 Å². The summed E-state index contributed by atoms with van der Waals surface area (Å²) >= 11 is 0. The van der Waals surface area contributed by atoms with Crippen LogP contribution in [0.1, 0.15) is 25.3 Å². The Morgan fingerprint density at radius 2 is 2.10 bits per heavy atom. The van der Waals surface area contributed by atoms with E-state index in [4.69, 9.17) is 5.73 Å². The molecule has 1 aromatic rings. The first kappa shape index (κ1) is 16.0. The fraction of sp³-hybridized carbons (Fsp3) is 0.588. The lowest BCUT2D eigenvalue weighted by molar-refractivity contribution is -0.134. The molecular formula is C17H27N3O. The van der Waals surface area contributed by atoms with E-state index in [0.29, 0.717) is 18.5 Å². The van der Waals surface area contributed by atoms with Crippen molar-refractivity contribution in [2.75, 3.05) is 20.6 Å². The van der Waals surface area contributed by atoms with E-state index in [1.165, 1.54) is 0 Å². The van der Waals surface area contributed by atoms with Crippen LogP contribution in [0.25, 0.3) is 0 Å². The first-order chi connectivity index (χ1) is 9.99. The number of rotatable bonds is 4. The fourth-order valence-electron chi connectivity index (χ4n) is 3.01. The summed E-state index contributed by atoms with van der Waals surface area (Å²) in [7, 11) is 4.04. The van der Waals surface area contributed by atoms with Crippen LogP contribution in [0.5, 0.6) is 0 Å². The Hall–Kier alpha value is -1.39. The standard InChI is InChI=1S/C17H27N3O/c1-13-11-15(9-10-19(13)2)20(3)17(21)16(18)12-14-7-5-4-6-8-14/h4-8,13,15-16H,9-12,18H2,1-3H3/t13?,15?,16-/m0/s1. The van der Waals surface area contributed by atoms with Gasteiger partial charge < -0.3 is 15.5 Å². The monoisotopic (exact) mass is 289 g/mol. The van der Waals surface area contributed by atoms with Crippen LogP contribution in [0.3, 0.4) is 0 Å². The summed E-state index contributed by atoms with van der Waals surface area (Å²) in [5.41, 5.74) is 7.23. The van der Waals surface area contributed by atoms with Gasteiger partial charge in [-0.2, -0.15) is 0 Å². The number of carbonyl (C=O) groups excluding carboxylic acids is 1. The Morgan fingerprint density at radius 1 is 1.43 bits per heavy atom. The van der Waals surface area contributed by atoms with Gasteiger partial charge in [0.1, 0.15) is 0 Å². The molecule has 0 spiro atoms. The zero-order chi connectivity index (χ0) is 15.4. The zero-order valence-electron chi connectivity index (χ0n) is 13.3. The summed E-state index contributed by atoms with van der Waals surface area (Å²) < 4.78 is 0. The van der Waals surface area contributed by atoms with Gasteiger partial charge in [0, 0.05) is 25.7 Å². The lowest BCUT2D eigenvalue weighted by Crippen LogP contribution is -2.52. The van der Waals surface area contributed by atoms with Crippen molar-refractivity contribution in [3.8, 4) is 0 Å². The maximum Gasteiger partial charge on any atom is 0.239 e. The Labute approximate surface area is 127 Å². The molecule has 0 saturated carbocycles. The molecular weight excluding hydrogens is 262 g/mol. The number of likely N-dealkylation sites (N-methyl/N-ethyl adjacent to an activating group) is 1. The van der Waals surface area contributed by atoms with Gasteiger partial charge in [0.2, 0.25) is 5.91 Å². The summed E-state index contributed by atoms with van der Waals surface area (Å²) in [6, 6.07) is 10.4. The second kappa shape index (κ2) is 7.05. The van der Waals surface area contributed by atoms with Crippen molar-refractivity contribution in [2.24, 2.45) is 5.73 Å². The van der Waals surface area contributed by atoms with Crippen molar-refractivity contribution in [1.82, 2.24) is 9.80 Å². The highest BCUT2D eigenvalue weighted by Crippen LogP contribution is 2.20. The minimum atomic E-state index is -0.452. The Kier molecular flexibility index (Phi) is 5.37. The molecule has 0 bridgehead atoms. The average Bonchev–Trinajstić information content (AvgIpc) is 2.49. The Bertz CT molecular complexity index is 462. The van der Waals surface area contributed by atoms with Crippen LogP contribution in [-0.2, 0) is 11.2 Å². The highest BCUT2D eigenvalue weighted by atomic mass is 16.2. The normalized spacial score (nSPS) is 24.6. The van der Waals surface area contributed by atoms with Gasteiger partial charge in [-0.1, -0.05) is 30.3 Å². The number of likely N-dealkylation sites (tertiary alicyclic amines) is 1. The lowest BCUT2D eigenvalue weighted by atomic mass is 9.96. The molecule has 1 aromatic carbocycles. The highest BCUT2D eigenvalue weighted by Gasteiger charge is 2.30. The third-order valence-corrected chi connectivity index (χ3v) is 4.69. The van der Waals surface area contributed by atoms with Crippen LogP contribution in [0.15, 0.2) is 30.3 Å². The van der Waals surface area contributed by atoms with Crippen LogP contribution >= 0.6 is 0 Å². The van der Waals surface area contributed by atoms with Crippen molar-refractivity contribution < 1.29 is 4.79 Å². The summed E-state index contributed by atoms with van der Waals surface area (Å²) in [4.78, 5) is 16.7. The van der Waals surface area contributed by atoms with Gasteiger partial charge in [0.05, 0.1) is 6.04 Å². The van der Waals surface area contributed by atoms with E-state index in [-0.39, 0.29) is 5.91 Å². The molecule has 116 valence electrons. The first-order valence-electron chi connectivity index (χ1n) is 7.75. The number of benzene rings is 1. The third kappa shape index (κ3) is 4.05.